The van der Waals surface area contributed by atoms with Gasteiger partial charge in [0.2, 0.25) is 70.9 Å². The van der Waals surface area contributed by atoms with Crippen molar-refractivity contribution in [2.75, 3.05) is 11.5 Å². The highest BCUT2D eigenvalue weighted by molar-refractivity contribution is 7.98. The molecule has 2 aliphatic rings. The fraction of sp³-hybridized carbons (Fsp3) is 0.474. The fourth-order valence-electron chi connectivity index (χ4n) is 12.5. The number of imidazole rings is 1. The molecule has 0 spiro atoms. The Bertz CT molecular complexity index is 4200. The third-order valence-corrected chi connectivity index (χ3v) is 20.8. The van der Waals surface area contributed by atoms with Gasteiger partial charge in [-0.25, -0.2) is 4.98 Å². The number of carbonyl (C=O) groups is 13. The number of H-pyrrole nitrogens is 1. The molecular weight excluding hydrogens is 1500 g/mol. The molecule has 113 heavy (non-hydrogen) atoms. The van der Waals surface area contributed by atoms with Gasteiger partial charge < -0.3 is 94.7 Å². The number of amides is 12. The smallest absolute Gasteiger partial charge is 0.303 e. The molecule has 5 aromatic rings. The van der Waals surface area contributed by atoms with Crippen LogP contribution in [0.2, 0.25) is 0 Å². The van der Waals surface area contributed by atoms with Crippen LogP contribution >= 0.6 is 23.5 Å². The Morgan fingerprint density at radius 3 is 1.60 bits per heavy atom. The van der Waals surface area contributed by atoms with E-state index < -0.39 is 174 Å². The van der Waals surface area contributed by atoms with Crippen molar-refractivity contribution in [2.45, 2.75) is 216 Å². The van der Waals surface area contributed by atoms with Gasteiger partial charge in [0, 0.05) is 86.0 Å². The molecule has 13 atom stereocenters. The highest BCUT2D eigenvalue weighted by atomic mass is 32.2. The van der Waals surface area contributed by atoms with E-state index in [2.05, 4.69) is 73.4 Å². The predicted octanol–water partition coefficient (Wildman–Crippen LogP) is 0.935. The second kappa shape index (κ2) is 43.2. The third kappa shape index (κ3) is 28.1. The average molecular weight is 1600 g/mol. The minimum absolute atomic E-state index is 0.0393. The van der Waals surface area contributed by atoms with Crippen molar-refractivity contribution in [3.63, 3.8) is 0 Å². The van der Waals surface area contributed by atoms with Crippen LogP contribution in [0.3, 0.4) is 0 Å². The van der Waals surface area contributed by atoms with Gasteiger partial charge in [-0.05, 0) is 102 Å². The standard InChI is InChI=1S/C78H103N15O18S2/c1-8-13-54-68(102)85-56(26-27-63(99)100)69(103)86-58(34-45-15-11-18-51(97)32-45)71(105)84-55(14-9-2)70(104)92-65(43(4)95)76(110)90-61(67(79)101)40-113-39-47-17-10-16-46(31-47)38-112-30-28-62(98)91-66(78(5,6)7)77(111)89-57(33-44-20-23-50(96)24-21-44)72(106)87-60(36-49-37-80-41-82-49)74(108)93-64(42(3)94)75(109)88-59(73(107)83-54)35-48-22-25-53-52(48)19-12-29-81-53/h10-12,15-24,29,31-32,37,41-43,54-61,64-66,94-97H,8-9,13-14,25-28,30,33-36,38-40H2,1-7H3,(H2,79,101)(H,80,82)(H,83,107)(H,84,105)(H,85,102)(H,86,103)(H,87,106)(H,88,109)(H,89,111)(H,90,110)(H,91,98)(H,92,104)(H,93,108)(H,99,100)/t42-,43-,54+,55+,56+,57+,58+,59+,60+,61+,64+,65+,66-/m1/s1. The molecule has 3 heterocycles. The summed E-state index contributed by atoms with van der Waals surface area (Å²) < 4.78 is 0. The van der Waals surface area contributed by atoms with Crippen molar-refractivity contribution in [1.29, 1.82) is 0 Å². The van der Waals surface area contributed by atoms with E-state index in [9.17, 15) is 83.1 Å². The van der Waals surface area contributed by atoms with Gasteiger partial charge in [-0.3, -0.25) is 67.3 Å². The van der Waals surface area contributed by atoms with E-state index in [4.69, 9.17) is 5.73 Å². The summed E-state index contributed by atoms with van der Waals surface area (Å²) in [5, 5.41) is 81.9. The quantitative estimate of drug-likeness (QED) is 0.0580. The molecule has 1 aliphatic carbocycles. The summed E-state index contributed by atoms with van der Waals surface area (Å²) in [5.41, 5.74) is 9.33. The Hall–Kier alpha value is -10.9. The highest BCUT2D eigenvalue weighted by Crippen LogP contribution is 2.30. The molecule has 1 aliphatic heterocycles. The lowest BCUT2D eigenvalue weighted by atomic mass is 9.85. The van der Waals surface area contributed by atoms with Gasteiger partial charge >= 0.3 is 5.97 Å². The molecule has 610 valence electrons. The van der Waals surface area contributed by atoms with Gasteiger partial charge in [0.05, 0.1) is 24.2 Å². The zero-order valence-electron chi connectivity index (χ0n) is 64.0. The number of pyridine rings is 1. The Balaban J connectivity index is 1.25. The number of aliphatic carboxylic acids is 1. The Kier molecular flexibility index (Phi) is 34.1. The van der Waals surface area contributed by atoms with Crippen molar-refractivity contribution in [3.05, 3.63) is 149 Å². The van der Waals surface area contributed by atoms with Crippen LogP contribution in [0.15, 0.2) is 110 Å². The second-order valence-corrected chi connectivity index (χ2v) is 31.2. The topological polar surface area (TPSA) is 523 Å². The van der Waals surface area contributed by atoms with Crippen LogP contribution in [0.4, 0.5) is 0 Å². The number of aromatic amines is 1. The summed E-state index contributed by atoms with van der Waals surface area (Å²) in [7, 11) is 0. The predicted molar refractivity (Wildman–Crippen MR) is 420 cm³/mol. The van der Waals surface area contributed by atoms with Crippen LogP contribution in [0, 0.1) is 5.41 Å². The number of hydrogen-bond donors (Lipinski definition) is 18. The number of benzene rings is 3. The van der Waals surface area contributed by atoms with Crippen molar-refractivity contribution >= 4 is 106 Å². The van der Waals surface area contributed by atoms with Crippen molar-refractivity contribution in [3.8, 4) is 11.5 Å². The second-order valence-electron chi connectivity index (χ2n) is 29.0. The number of phenols is 2. The molecule has 0 unspecified atom stereocenters. The van der Waals surface area contributed by atoms with Crippen LogP contribution in [-0.2, 0) is 99.5 Å². The van der Waals surface area contributed by atoms with Gasteiger partial charge in [-0.1, -0.05) is 108 Å². The number of nitrogens with two attached hydrogens (primary N) is 1. The molecule has 33 nitrogen and oxygen atoms in total. The van der Waals surface area contributed by atoms with Crippen molar-refractivity contribution < 1.29 is 87.9 Å². The number of fused-ring (bicyclic) bond motifs is 3. The van der Waals surface area contributed by atoms with E-state index in [0.717, 1.165) is 11.1 Å². The molecular formula is C78H103N15O18S2. The number of rotatable bonds is 18. The lowest BCUT2D eigenvalue weighted by Crippen LogP contribution is -2.62. The number of phenolic OH excluding ortho intramolecular Hbond substituents is 2. The fourth-order valence-corrected chi connectivity index (χ4v) is 14.5. The first-order chi connectivity index (χ1) is 53.7. The number of aliphatic hydroxyl groups excluding tert-OH is 2. The third-order valence-electron chi connectivity index (χ3n) is 18.6. The summed E-state index contributed by atoms with van der Waals surface area (Å²) in [6.07, 6.45) is 0.686. The maximum Gasteiger partial charge on any atom is 0.303 e. The molecule has 0 saturated carbocycles. The van der Waals surface area contributed by atoms with E-state index in [1.54, 1.807) is 59.0 Å². The molecule has 3 aromatic carbocycles. The number of carboxylic acid groups (broad SMARTS) is 1. The molecule has 12 amide bonds. The molecule has 0 fully saturated rings. The van der Waals surface area contributed by atoms with Crippen LogP contribution < -0.4 is 64.2 Å². The number of allylic oxidation sites excluding steroid dienone is 1. The van der Waals surface area contributed by atoms with Gasteiger partial charge in [-0.2, -0.15) is 23.5 Å². The number of nitrogens with one attached hydrogen (secondary N) is 12. The molecule has 19 N–H and O–H groups in total. The lowest BCUT2D eigenvalue weighted by Gasteiger charge is -2.32. The summed E-state index contributed by atoms with van der Waals surface area (Å²) in [6, 6.07) is 4.89. The van der Waals surface area contributed by atoms with E-state index in [1.165, 1.54) is 98.4 Å². The molecule has 0 saturated heterocycles. The van der Waals surface area contributed by atoms with E-state index >= 15 is 4.79 Å². The van der Waals surface area contributed by atoms with E-state index in [0.29, 0.717) is 51.8 Å². The number of aromatic hydroxyl groups is 2. The van der Waals surface area contributed by atoms with Gasteiger partial charge in [0.15, 0.2) is 0 Å². The summed E-state index contributed by atoms with van der Waals surface area (Å²) in [5.74, 6) is -12.1. The maximum atomic E-state index is 15.1. The number of thioether (sulfide) groups is 2. The Morgan fingerprint density at radius 2 is 1.05 bits per heavy atom. The SMILES string of the molecule is CCC[C@@H]1NC(=O)[C@H](CC2=CCc3ncccc32)NC(=O)[C@H]([C@@H](C)O)NC(=O)[C@H](Cc2cnc[nH]2)NC(=O)[C@H](Cc2ccc(O)cc2)NC(=O)[C@H](C(C)(C)C)NC(=O)CCSCc2cccc(c2)CSC[C@@H](C(N)=O)NC(=O)[C@H]([C@@H](C)O)NC(=O)[C@H](CCC)NC(=O)[C@H](Cc2cccc(O)c2)NC(=O)[C@H](CCC(=O)O)NC1=O. The number of hydrogen-bond acceptors (Lipinski definition) is 21. The molecule has 2 aromatic heterocycles. The monoisotopic (exact) mass is 1600 g/mol. The number of carboxylic acids is 1. The minimum atomic E-state index is -1.89. The largest absolute Gasteiger partial charge is 0.508 e. The lowest BCUT2D eigenvalue weighted by molar-refractivity contribution is -0.139. The van der Waals surface area contributed by atoms with Gasteiger partial charge in [0.1, 0.15) is 78.0 Å². The maximum absolute atomic E-state index is 15.1. The van der Waals surface area contributed by atoms with E-state index in [-0.39, 0.29) is 80.6 Å². The normalized spacial score (nSPS) is 23.9. The molecule has 35 heteroatoms. The molecule has 0 radical (unpaired) electrons. The number of aromatic nitrogens is 3. The van der Waals surface area contributed by atoms with Gasteiger partial charge in [-0.15, -0.1) is 0 Å². The van der Waals surface area contributed by atoms with E-state index in [1.807, 2.05) is 24.3 Å². The highest BCUT2D eigenvalue weighted by Gasteiger charge is 2.40. The number of aliphatic hydroxyl groups is 2. The van der Waals surface area contributed by atoms with Crippen LogP contribution in [0.1, 0.15) is 139 Å². The molecule has 2 bridgehead atoms. The number of carbonyl (C=O) groups excluding carboxylic acids is 12. The van der Waals surface area contributed by atoms with Crippen LogP contribution in [0.5, 0.6) is 11.5 Å². The first-order valence-corrected chi connectivity index (χ1v) is 39.6. The van der Waals surface area contributed by atoms with Crippen LogP contribution in [-0.4, -0.2) is 208 Å². The van der Waals surface area contributed by atoms with Crippen LogP contribution in [0.25, 0.3) is 5.57 Å². The van der Waals surface area contributed by atoms with Crippen molar-refractivity contribution in [2.24, 2.45) is 11.1 Å². The number of nitrogens with zero attached hydrogens (tertiary/aromatic N) is 2. The van der Waals surface area contributed by atoms with Gasteiger partial charge in [0.25, 0.3) is 0 Å². The zero-order chi connectivity index (χ0) is 82.6. The zero-order valence-corrected chi connectivity index (χ0v) is 65.7. The van der Waals surface area contributed by atoms with Crippen molar-refractivity contribution in [1.82, 2.24) is 73.4 Å². The Morgan fingerprint density at radius 1 is 0.549 bits per heavy atom. The summed E-state index contributed by atoms with van der Waals surface area (Å²) >= 11 is 2.67. The average Bonchev–Trinajstić information content (AvgIpc) is 1.49. The minimum Gasteiger partial charge on any atom is -0.508 e. The molecule has 7 rings (SSSR count). The Labute approximate surface area is 662 Å². The summed E-state index contributed by atoms with van der Waals surface area (Å²) in [6.45, 7) is 10.9. The number of primary amides is 1. The first-order valence-electron chi connectivity index (χ1n) is 37.3. The first kappa shape index (κ1) is 89.3. The summed E-state index contributed by atoms with van der Waals surface area (Å²) in [4.78, 5) is 197.